The lowest BCUT2D eigenvalue weighted by atomic mass is 9.96. The second kappa shape index (κ2) is 10.00. The van der Waals surface area contributed by atoms with Crippen LogP contribution >= 0.6 is 34.8 Å². The summed E-state index contributed by atoms with van der Waals surface area (Å²) in [6.07, 6.45) is 1.86. The van der Waals surface area contributed by atoms with Crippen LogP contribution in [0.25, 0.3) is 0 Å². The topological polar surface area (TPSA) is 89.9 Å². The smallest absolute Gasteiger partial charge is 0.422 e. The van der Waals surface area contributed by atoms with Crippen LogP contribution in [0.2, 0.25) is 15.1 Å². The molecular weight excluding hydrogens is 407 g/mol. The quantitative estimate of drug-likeness (QED) is 0.290. The fourth-order valence-corrected chi connectivity index (χ4v) is 2.93. The van der Waals surface area contributed by atoms with Crippen molar-refractivity contribution in [2.75, 3.05) is 6.61 Å². The van der Waals surface area contributed by atoms with Crippen LogP contribution in [0, 0.1) is 11.8 Å². The summed E-state index contributed by atoms with van der Waals surface area (Å²) in [5.41, 5.74) is -0.394. The third-order valence-electron chi connectivity index (χ3n) is 3.70. The molecule has 0 aliphatic rings. The highest BCUT2D eigenvalue weighted by Crippen LogP contribution is 2.40. The first-order chi connectivity index (χ1) is 12.1. The molecule has 0 aromatic heterocycles. The molecule has 0 radical (unpaired) electrons. The van der Waals surface area contributed by atoms with Crippen LogP contribution in [0.3, 0.4) is 0 Å². The molecule has 1 aromatic rings. The molecule has 26 heavy (non-hydrogen) atoms. The normalized spacial score (nSPS) is 13.0. The summed E-state index contributed by atoms with van der Waals surface area (Å²) >= 11 is 17.9. The maximum atomic E-state index is 12.4. The maximum Gasteiger partial charge on any atom is 0.422 e. The molecule has 144 valence electrons. The van der Waals surface area contributed by atoms with E-state index in [0.29, 0.717) is 5.92 Å². The van der Waals surface area contributed by atoms with Gasteiger partial charge in [0.1, 0.15) is 5.56 Å². The van der Waals surface area contributed by atoms with Gasteiger partial charge in [-0.2, -0.15) is 0 Å². The zero-order valence-electron chi connectivity index (χ0n) is 14.5. The van der Waals surface area contributed by atoms with Gasteiger partial charge in [-0.05, 0) is 24.3 Å². The third kappa shape index (κ3) is 6.04. The van der Waals surface area contributed by atoms with Crippen molar-refractivity contribution < 1.29 is 29.0 Å². The number of benzene rings is 1. The van der Waals surface area contributed by atoms with Gasteiger partial charge in [0.25, 0.3) is 0 Å². The Kier molecular flexibility index (Phi) is 8.67. The number of carboxylic acids is 1. The molecule has 0 spiro atoms. The molecule has 2 unspecified atom stereocenters. The molecule has 0 heterocycles. The van der Waals surface area contributed by atoms with E-state index in [2.05, 4.69) is 18.6 Å². The van der Waals surface area contributed by atoms with Gasteiger partial charge in [0.2, 0.25) is 0 Å². The van der Waals surface area contributed by atoms with Crippen LogP contribution in [-0.4, -0.2) is 29.6 Å². The first-order valence-corrected chi connectivity index (χ1v) is 9.01. The van der Waals surface area contributed by atoms with Crippen LogP contribution in [0.4, 0.5) is 0 Å². The summed E-state index contributed by atoms with van der Waals surface area (Å²) in [5.74, 6) is -4.33. The van der Waals surface area contributed by atoms with Crippen molar-refractivity contribution in [3.05, 3.63) is 26.7 Å². The molecule has 0 bridgehead atoms. The highest BCUT2D eigenvalue weighted by atomic mass is 35.5. The Morgan fingerprint density at radius 1 is 1.12 bits per heavy atom. The first kappa shape index (κ1) is 22.5. The van der Waals surface area contributed by atoms with Gasteiger partial charge in [-0.3, -0.25) is 0 Å². The molecular formula is C17H19Cl3O6. The van der Waals surface area contributed by atoms with Crippen LogP contribution < -0.4 is 4.74 Å². The molecule has 1 aromatic carbocycles. The molecule has 0 aliphatic carbocycles. The Morgan fingerprint density at radius 3 is 2.27 bits per heavy atom. The van der Waals surface area contributed by atoms with Crippen molar-refractivity contribution in [1.82, 2.24) is 0 Å². The van der Waals surface area contributed by atoms with Crippen LogP contribution in [0.5, 0.6) is 5.75 Å². The lowest BCUT2D eigenvalue weighted by molar-refractivity contribution is -0.158. The number of carbonyl (C=O) groups is 3. The molecule has 0 aliphatic heterocycles. The average Bonchev–Trinajstić information content (AvgIpc) is 2.57. The van der Waals surface area contributed by atoms with Gasteiger partial charge in [0.15, 0.2) is 5.75 Å². The van der Waals surface area contributed by atoms with Gasteiger partial charge in [-0.1, -0.05) is 62.0 Å². The Bertz CT molecular complexity index is 704. The molecule has 0 saturated carbocycles. The van der Waals surface area contributed by atoms with Crippen molar-refractivity contribution in [2.45, 2.75) is 33.6 Å². The summed E-state index contributed by atoms with van der Waals surface area (Å²) in [4.78, 5) is 34.5. The molecule has 0 fully saturated rings. The summed E-state index contributed by atoms with van der Waals surface area (Å²) in [6, 6.07) is 1.14. The fourth-order valence-electron chi connectivity index (χ4n) is 2.21. The highest BCUT2D eigenvalue weighted by Gasteiger charge is 2.28. The van der Waals surface area contributed by atoms with Crippen LogP contribution in [0.15, 0.2) is 6.07 Å². The zero-order chi connectivity index (χ0) is 20.0. The van der Waals surface area contributed by atoms with E-state index in [4.69, 9.17) is 44.6 Å². The molecule has 2 atom stereocenters. The molecule has 0 saturated heterocycles. The SMILES string of the molecule is CCC(C)CC(C)COC(=O)c1c(Cl)c(Cl)cc(Cl)c1OC(=O)C(=O)O. The maximum absolute atomic E-state index is 12.4. The zero-order valence-corrected chi connectivity index (χ0v) is 16.7. The minimum absolute atomic E-state index is 0.0635. The predicted molar refractivity (Wildman–Crippen MR) is 98.3 cm³/mol. The summed E-state index contributed by atoms with van der Waals surface area (Å²) in [7, 11) is 0. The Hall–Kier alpha value is -1.50. The van der Waals surface area contributed by atoms with E-state index in [1.54, 1.807) is 0 Å². The van der Waals surface area contributed by atoms with E-state index in [9.17, 15) is 14.4 Å². The Balaban J connectivity index is 3.07. The minimum Gasteiger partial charge on any atom is -0.473 e. The number of halogens is 3. The largest absolute Gasteiger partial charge is 0.473 e. The summed E-state index contributed by atoms with van der Waals surface area (Å²) in [5, 5.41) is 8.13. The summed E-state index contributed by atoms with van der Waals surface area (Å²) in [6.45, 7) is 6.20. The monoisotopic (exact) mass is 424 g/mol. The van der Waals surface area contributed by atoms with Crippen molar-refractivity contribution in [3.63, 3.8) is 0 Å². The van der Waals surface area contributed by atoms with E-state index in [1.165, 1.54) is 0 Å². The van der Waals surface area contributed by atoms with Crippen LogP contribution in [-0.2, 0) is 14.3 Å². The number of hydrogen-bond acceptors (Lipinski definition) is 5. The summed E-state index contributed by atoms with van der Waals surface area (Å²) < 4.78 is 9.90. The number of carbonyl (C=O) groups excluding carboxylic acids is 2. The van der Waals surface area contributed by atoms with Gasteiger partial charge < -0.3 is 14.6 Å². The first-order valence-electron chi connectivity index (χ1n) is 7.88. The van der Waals surface area contributed by atoms with Gasteiger partial charge in [-0.25, -0.2) is 14.4 Å². The van der Waals surface area contributed by atoms with Crippen molar-refractivity contribution in [1.29, 1.82) is 0 Å². The number of ether oxygens (including phenoxy) is 2. The Labute approximate surface area is 166 Å². The third-order valence-corrected chi connectivity index (χ3v) is 4.77. The Morgan fingerprint density at radius 2 is 1.73 bits per heavy atom. The standard InChI is InChI=1S/C17H19Cl3O6/c1-4-8(2)5-9(3)7-25-16(23)12-13(20)10(18)6-11(19)14(12)26-17(24)15(21)22/h6,8-9H,4-5,7H2,1-3H3,(H,21,22). The van der Waals surface area contributed by atoms with Crippen LogP contribution in [0.1, 0.15) is 44.0 Å². The van der Waals surface area contributed by atoms with Crippen molar-refractivity contribution >= 4 is 52.7 Å². The van der Waals surface area contributed by atoms with Gasteiger partial charge in [0.05, 0.1) is 21.7 Å². The van der Waals surface area contributed by atoms with Gasteiger partial charge in [-0.15, -0.1) is 0 Å². The van der Waals surface area contributed by atoms with Crippen molar-refractivity contribution in [3.8, 4) is 5.75 Å². The number of aliphatic carboxylic acids is 1. The number of esters is 2. The van der Waals surface area contributed by atoms with Gasteiger partial charge in [0, 0.05) is 0 Å². The molecule has 0 amide bonds. The van der Waals surface area contributed by atoms with Crippen molar-refractivity contribution in [2.24, 2.45) is 11.8 Å². The molecule has 1 rings (SSSR count). The second-order valence-electron chi connectivity index (χ2n) is 6.01. The minimum atomic E-state index is -1.85. The van der Waals surface area contributed by atoms with E-state index in [1.807, 2.05) is 6.92 Å². The fraction of sp³-hybridized carbons (Fsp3) is 0.471. The molecule has 1 N–H and O–H groups in total. The van der Waals surface area contributed by atoms with Gasteiger partial charge >= 0.3 is 17.9 Å². The highest BCUT2D eigenvalue weighted by molar-refractivity contribution is 6.46. The lowest BCUT2D eigenvalue weighted by Crippen LogP contribution is -2.22. The number of hydrogen-bond donors (Lipinski definition) is 1. The van der Waals surface area contributed by atoms with E-state index in [0.717, 1.165) is 18.9 Å². The van der Waals surface area contributed by atoms with E-state index >= 15 is 0 Å². The number of carboxylic acid groups (broad SMARTS) is 1. The predicted octanol–water partition coefficient (Wildman–Crippen LogP) is 4.87. The van der Waals surface area contributed by atoms with E-state index < -0.39 is 29.2 Å². The van der Waals surface area contributed by atoms with E-state index in [-0.39, 0.29) is 27.6 Å². The molecule has 6 nitrogen and oxygen atoms in total. The second-order valence-corrected chi connectivity index (χ2v) is 7.20. The number of rotatable bonds is 7. The molecule has 9 heteroatoms. The lowest BCUT2D eigenvalue weighted by Gasteiger charge is -2.17. The average molecular weight is 426 g/mol.